The second-order valence-corrected chi connectivity index (χ2v) is 5.50. The number of nitrogens with zero attached hydrogens (tertiary/aromatic N) is 2. The van der Waals surface area contributed by atoms with Crippen molar-refractivity contribution in [1.82, 2.24) is 9.55 Å². The Balaban J connectivity index is 2.30. The molecule has 0 saturated carbocycles. The minimum Gasteiger partial charge on any atom is -0.330 e. The third-order valence-electron chi connectivity index (χ3n) is 3.54. The fourth-order valence-electron chi connectivity index (χ4n) is 2.46. The molecule has 0 aliphatic carbocycles. The van der Waals surface area contributed by atoms with Crippen LogP contribution in [0.4, 0.5) is 0 Å². The molecule has 2 N–H and O–H groups in total. The van der Waals surface area contributed by atoms with Crippen LogP contribution in [0.1, 0.15) is 6.42 Å². The van der Waals surface area contributed by atoms with E-state index in [1.807, 2.05) is 30.3 Å². The minimum absolute atomic E-state index is 0.0611. The van der Waals surface area contributed by atoms with Crippen molar-refractivity contribution in [2.45, 2.75) is 13.0 Å². The molecule has 3 rings (SSSR count). The number of nitrogens with two attached hydrogens (primary N) is 1. The van der Waals surface area contributed by atoms with E-state index >= 15 is 0 Å². The van der Waals surface area contributed by atoms with Gasteiger partial charge in [0.25, 0.3) is 5.56 Å². The molecule has 1 heterocycles. The van der Waals surface area contributed by atoms with Crippen molar-refractivity contribution in [2.75, 3.05) is 6.54 Å². The molecule has 0 spiro atoms. The predicted molar refractivity (Wildman–Crippen MR) is 90.1 cm³/mol. The summed E-state index contributed by atoms with van der Waals surface area (Å²) in [6.45, 7) is 1.07. The van der Waals surface area contributed by atoms with E-state index in [-0.39, 0.29) is 5.56 Å². The molecule has 0 amide bonds. The van der Waals surface area contributed by atoms with Gasteiger partial charge in [0.05, 0.1) is 10.9 Å². The summed E-state index contributed by atoms with van der Waals surface area (Å²) in [6, 6.07) is 14.8. The molecule has 4 nitrogen and oxygen atoms in total. The van der Waals surface area contributed by atoms with E-state index in [4.69, 9.17) is 17.3 Å². The van der Waals surface area contributed by atoms with Gasteiger partial charge in [0, 0.05) is 17.1 Å². The summed E-state index contributed by atoms with van der Waals surface area (Å²) < 4.78 is 1.69. The van der Waals surface area contributed by atoms with Crippen LogP contribution in [0, 0.1) is 0 Å². The fraction of sp³-hybridized carbons (Fsp3) is 0.176. The van der Waals surface area contributed by atoms with Crippen LogP contribution < -0.4 is 11.3 Å². The predicted octanol–water partition coefficient (Wildman–Crippen LogP) is 3.07. The van der Waals surface area contributed by atoms with E-state index in [2.05, 4.69) is 4.98 Å². The first kappa shape index (κ1) is 14.8. The van der Waals surface area contributed by atoms with Crippen LogP contribution in [0.15, 0.2) is 53.3 Å². The maximum absolute atomic E-state index is 12.8. The van der Waals surface area contributed by atoms with E-state index < -0.39 is 0 Å². The zero-order chi connectivity index (χ0) is 15.5. The number of halogens is 1. The first-order valence-electron chi connectivity index (χ1n) is 7.16. The lowest BCUT2D eigenvalue weighted by Gasteiger charge is -2.13. The lowest BCUT2D eigenvalue weighted by atomic mass is 10.1. The molecule has 0 atom stereocenters. The molecule has 0 aliphatic rings. The largest absolute Gasteiger partial charge is 0.330 e. The van der Waals surface area contributed by atoms with Crippen LogP contribution in [0.25, 0.3) is 22.3 Å². The van der Waals surface area contributed by atoms with E-state index in [1.54, 1.807) is 22.8 Å². The highest BCUT2D eigenvalue weighted by Gasteiger charge is 2.12. The van der Waals surface area contributed by atoms with Crippen LogP contribution in [0.2, 0.25) is 5.02 Å². The zero-order valence-corrected chi connectivity index (χ0v) is 12.8. The average molecular weight is 314 g/mol. The Bertz CT molecular complexity index is 859. The number of hydrogen-bond acceptors (Lipinski definition) is 3. The second-order valence-electron chi connectivity index (χ2n) is 5.06. The molecule has 22 heavy (non-hydrogen) atoms. The van der Waals surface area contributed by atoms with Gasteiger partial charge in [0.2, 0.25) is 0 Å². The molecule has 0 fully saturated rings. The SMILES string of the molecule is NCCCn1c(-c2ccccc2)nc2cc(Cl)ccc2c1=O. The molecule has 112 valence electrons. The maximum atomic E-state index is 12.8. The molecular weight excluding hydrogens is 298 g/mol. The van der Waals surface area contributed by atoms with Crippen LogP contribution in [-0.2, 0) is 6.54 Å². The standard InChI is InChI=1S/C17H16ClN3O/c18-13-7-8-14-15(11-13)20-16(12-5-2-1-3-6-12)21(17(14)22)10-4-9-19/h1-3,5-8,11H,4,9-10,19H2. The zero-order valence-electron chi connectivity index (χ0n) is 12.0. The average Bonchev–Trinajstić information content (AvgIpc) is 2.54. The third kappa shape index (κ3) is 2.75. The Labute approximate surface area is 133 Å². The fourth-order valence-corrected chi connectivity index (χ4v) is 2.62. The van der Waals surface area contributed by atoms with Crippen LogP contribution in [-0.4, -0.2) is 16.1 Å². The van der Waals surface area contributed by atoms with Crippen LogP contribution >= 0.6 is 11.6 Å². The summed E-state index contributed by atoms with van der Waals surface area (Å²) in [7, 11) is 0. The van der Waals surface area contributed by atoms with Crippen LogP contribution in [0.5, 0.6) is 0 Å². The number of aromatic nitrogens is 2. The normalized spacial score (nSPS) is 11.0. The van der Waals surface area contributed by atoms with Gasteiger partial charge in [-0.2, -0.15) is 0 Å². The highest BCUT2D eigenvalue weighted by atomic mass is 35.5. The number of fused-ring (bicyclic) bond motifs is 1. The van der Waals surface area contributed by atoms with Crippen molar-refractivity contribution in [2.24, 2.45) is 5.73 Å². The lowest BCUT2D eigenvalue weighted by Crippen LogP contribution is -2.24. The third-order valence-corrected chi connectivity index (χ3v) is 3.77. The second kappa shape index (κ2) is 6.30. The van der Waals surface area contributed by atoms with Gasteiger partial charge >= 0.3 is 0 Å². The van der Waals surface area contributed by atoms with Gasteiger partial charge in [-0.05, 0) is 31.2 Å². The number of hydrogen-bond donors (Lipinski definition) is 1. The maximum Gasteiger partial charge on any atom is 0.261 e. The van der Waals surface area contributed by atoms with Gasteiger partial charge in [-0.1, -0.05) is 41.9 Å². The van der Waals surface area contributed by atoms with E-state index in [1.165, 1.54) is 0 Å². The van der Waals surface area contributed by atoms with Gasteiger partial charge in [-0.3, -0.25) is 9.36 Å². The van der Waals surface area contributed by atoms with Gasteiger partial charge in [0.1, 0.15) is 5.82 Å². The Morgan fingerprint density at radius 2 is 1.91 bits per heavy atom. The Hall–Kier alpha value is -2.17. The van der Waals surface area contributed by atoms with Crippen molar-refractivity contribution in [3.05, 3.63) is 63.9 Å². The van der Waals surface area contributed by atoms with E-state index in [9.17, 15) is 4.79 Å². The number of rotatable bonds is 4. The molecule has 3 aromatic rings. The molecule has 1 aromatic heterocycles. The molecule has 0 unspecified atom stereocenters. The number of benzene rings is 2. The minimum atomic E-state index is -0.0611. The van der Waals surface area contributed by atoms with Crippen molar-refractivity contribution >= 4 is 22.5 Å². The topological polar surface area (TPSA) is 60.9 Å². The summed E-state index contributed by atoms with van der Waals surface area (Å²) in [4.78, 5) is 17.4. The molecule has 0 aliphatic heterocycles. The van der Waals surface area contributed by atoms with Crippen molar-refractivity contribution in [3.63, 3.8) is 0 Å². The molecule has 0 bridgehead atoms. The van der Waals surface area contributed by atoms with Gasteiger partial charge in [-0.25, -0.2) is 4.98 Å². The molecule has 5 heteroatoms. The first-order valence-corrected chi connectivity index (χ1v) is 7.54. The Morgan fingerprint density at radius 1 is 1.14 bits per heavy atom. The van der Waals surface area contributed by atoms with E-state index in [0.717, 1.165) is 12.0 Å². The molecule has 0 radical (unpaired) electrons. The highest BCUT2D eigenvalue weighted by Crippen LogP contribution is 2.21. The lowest BCUT2D eigenvalue weighted by molar-refractivity contribution is 0.632. The van der Waals surface area contributed by atoms with Crippen LogP contribution in [0.3, 0.4) is 0 Å². The van der Waals surface area contributed by atoms with Gasteiger partial charge < -0.3 is 5.73 Å². The van der Waals surface area contributed by atoms with E-state index in [0.29, 0.717) is 34.8 Å². The quantitative estimate of drug-likeness (QED) is 0.805. The van der Waals surface area contributed by atoms with Crippen molar-refractivity contribution < 1.29 is 0 Å². The monoisotopic (exact) mass is 313 g/mol. The van der Waals surface area contributed by atoms with Gasteiger partial charge in [0.15, 0.2) is 0 Å². The first-order chi connectivity index (χ1) is 10.7. The molecular formula is C17H16ClN3O. The molecule has 2 aromatic carbocycles. The van der Waals surface area contributed by atoms with Crippen molar-refractivity contribution in [3.8, 4) is 11.4 Å². The summed E-state index contributed by atoms with van der Waals surface area (Å²) in [5.41, 5.74) is 7.05. The highest BCUT2D eigenvalue weighted by molar-refractivity contribution is 6.31. The summed E-state index contributed by atoms with van der Waals surface area (Å²) in [5.74, 6) is 0.647. The smallest absolute Gasteiger partial charge is 0.261 e. The summed E-state index contributed by atoms with van der Waals surface area (Å²) in [6.07, 6.45) is 0.723. The van der Waals surface area contributed by atoms with Gasteiger partial charge in [-0.15, -0.1) is 0 Å². The summed E-state index contributed by atoms with van der Waals surface area (Å²) >= 11 is 6.03. The summed E-state index contributed by atoms with van der Waals surface area (Å²) in [5, 5.41) is 1.14. The molecule has 0 saturated heterocycles. The Morgan fingerprint density at radius 3 is 2.64 bits per heavy atom. The Kier molecular flexibility index (Phi) is 4.22. The van der Waals surface area contributed by atoms with Crippen molar-refractivity contribution in [1.29, 1.82) is 0 Å².